The van der Waals surface area contributed by atoms with Crippen molar-refractivity contribution in [1.29, 1.82) is 0 Å². The van der Waals surface area contributed by atoms with E-state index in [2.05, 4.69) is 12.1 Å². The Morgan fingerprint density at radius 1 is 1.11 bits per heavy atom. The molecule has 1 aromatic rings. The molecule has 0 N–H and O–H groups in total. The van der Waals surface area contributed by atoms with Gasteiger partial charge in [-0.15, -0.1) is 0 Å². The van der Waals surface area contributed by atoms with Crippen molar-refractivity contribution < 1.29 is 4.79 Å². The van der Waals surface area contributed by atoms with Gasteiger partial charge >= 0.3 is 0 Å². The van der Waals surface area contributed by atoms with Gasteiger partial charge in [0.25, 0.3) is 0 Å². The van der Waals surface area contributed by atoms with Crippen LogP contribution in [0.5, 0.6) is 0 Å². The average molecular weight is 249 g/mol. The highest BCUT2D eigenvalue weighted by molar-refractivity contribution is 5.74. The normalized spacial score (nSPS) is 17.2. The zero-order valence-corrected chi connectivity index (χ0v) is 12.4. The lowest BCUT2D eigenvalue weighted by molar-refractivity contribution is -0.129. The van der Waals surface area contributed by atoms with Crippen molar-refractivity contribution in [2.45, 2.75) is 53.5 Å². The summed E-state index contributed by atoms with van der Waals surface area (Å²) in [6.07, 6.45) is 2.22. The van der Waals surface area contributed by atoms with E-state index in [9.17, 15) is 4.79 Å². The second-order valence-electron chi connectivity index (χ2n) is 3.78. The van der Waals surface area contributed by atoms with E-state index >= 15 is 0 Å². The SMILES string of the molecule is CC.CC.CC(=O)N1CCCC1c1ccccc1. The van der Waals surface area contributed by atoms with E-state index in [-0.39, 0.29) is 5.91 Å². The molecule has 1 atom stereocenters. The summed E-state index contributed by atoms with van der Waals surface area (Å²) in [6.45, 7) is 10.6. The summed E-state index contributed by atoms with van der Waals surface area (Å²) in [5, 5.41) is 0. The van der Waals surface area contributed by atoms with Crippen LogP contribution in [-0.2, 0) is 4.79 Å². The van der Waals surface area contributed by atoms with Crippen molar-refractivity contribution >= 4 is 5.91 Å². The zero-order chi connectivity index (χ0) is 14.0. The lowest BCUT2D eigenvalue weighted by Gasteiger charge is -2.23. The molecule has 1 saturated heterocycles. The summed E-state index contributed by atoms with van der Waals surface area (Å²) in [5.41, 5.74) is 1.26. The van der Waals surface area contributed by atoms with Crippen LogP contribution in [0.2, 0.25) is 0 Å². The van der Waals surface area contributed by atoms with Gasteiger partial charge in [-0.2, -0.15) is 0 Å². The molecule has 18 heavy (non-hydrogen) atoms. The van der Waals surface area contributed by atoms with Gasteiger partial charge in [0.15, 0.2) is 0 Å². The highest BCUT2D eigenvalue weighted by Gasteiger charge is 2.27. The van der Waals surface area contributed by atoms with Crippen molar-refractivity contribution in [1.82, 2.24) is 4.90 Å². The lowest BCUT2D eigenvalue weighted by atomic mass is 10.0. The molecular formula is C16H27NO. The van der Waals surface area contributed by atoms with Crippen LogP contribution in [0.25, 0.3) is 0 Å². The smallest absolute Gasteiger partial charge is 0.219 e. The minimum absolute atomic E-state index is 0.191. The molecule has 1 aliphatic heterocycles. The first-order valence-electron chi connectivity index (χ1n) is 7.11. The maximum Gasteiger partial charge on any atom is 0.219 e. The summed E-state index contributed by atoms with van der Waals surface area (Å²) in [5.74, 6) is 0.191. The molecule has 1 heterocycles. The van der Waals surface area contributed by atoms with E-state index in [4.69, 9.17) is 0 Å². The number of carbonyl (C=O) groups excluding carboxylic acids is 1. The van der Waals surface area contributed by atoms with Gasteiger partial charge in [0.2, 0.25) is 5.91 Å². The van der Waals surface area contributed by atoms with Gasteiger partial charge < -0.3 is 4.90 Å². The van der Waals surface area contributed by atoms with Gasteiger partial charge in [-0.25, -0.2) is 0 Å². The zero-order valence-electron chi connectivity index (χ0n) is 12.4. The average Bonchev–Trinajstić information content (AvgIpc) is 2.94. The van der Waals surface area contributed by atoms with Gasteiger partial charge in [-0.3, -0.25) is 4.79 Å². The van der Waals surface area contributed by atoms with Crippen LogP contribution in [-0.4, -0.2) is 17.4 Å². The minimum atomic E-state index is 0.191. The molecular weight excluding hydrogens is 222 g/mol. The lowest BCUT2D eigenvalue weighted by Crippen LogP contribution is -2.27. The van der Waals surface area contributed by atoms with Crippen LogP contribution < -0.4 is 0 Å². The van der Waals surface area contributed by atoms with Crippen molar-refractivity contribution in [3.8, 4) is 0 Å². The maximum atomic E-state index is 11.4. The van der Waals surface area contributed by atoms with Gasteiger partial charge in [-0.05, 0) is 18.4 Å². The standard InChI is InChI=1S/C12H15NO.2C2H6/c1-10(14)13-9-5-8-12(13)11-6-3-2-4-7-11;2*1-2/h2-4,6-7,12H,5,8-9H2,1H3;2*1-2H3. The number of likely N-dealkylation sites (tertiary alicyclic amines) is 1. The van der Waals surface area contributed by atoms with Gasteiger partial charge in [0.05, 0.1) is 6.04 Å². The molecule has 2 heteroatoms. The molecule has 0 aliphatic carbocycles. The molecule has 2 nitrogen and oxygen atoms in total. The van der Waals surface area contributed by atoms with Crippen LogP contribution in [0, 0.1) is 0 Å². The Kier molecular flexibility index (Phi) is 8.99. The number of hydrogen-bond donors (Lipinski definition) is 0. The highest BCUT2D eigenvalue weighted by Crippen LogP contribution is 2.31. The Labute approximate surface area is 112 Å². The Bertz CT molecular complexity index is 321. The molecule has 1 unspecified atom stereocenters. The first-order valence-corrected chi connectivity index (χ1v) is 7.11. The van der Waals surface area contributed by atoms with Crippen molar-refractivity contribution in [3.05, 3.63) is 35.9 Å². The third-order valence-corrected chi connectivity index (χ3v) is 2.84. The van der Waals surface area contributed by atoms with Crippen molar-refractivity contribution in [2.75, 3.05) is 6.54 Å². The summed E-state index contributed by atoms with van der Waals surface area (Å²) in [6, 6.07) is 10.6. The monoisotopic (exact) mass is 249 g/mol. The summed E-state index contributed by atoms with van der Waals surface area (Å²) in [7, 11) is 0. The summed E-state index contributed by atoms with van der Waals surface area (Å²) >= 11 is 0. The molecule has 1 fully saturated rings. The molecule has 0 bridgehead atoms. The fraction of sp³-hybridized carbons (Fsp3) is 0.562. The van der Waals surface area contributed by atoms with E-state index in [1.807, 2.05) is 50.8 Å². The fourth-order valence-electron chi connectivity index (χ4n) is 2.17. The minimum Gasteiger partial charge on any atom is -0.336 e. The molecule has 1 amide bonds. The van der Waals surface area contributed by atoms with E-state index in [1.165, 1.54) is 5.56 Å². The van der Waals surface area contributed by atoms with Gasteiger partial charge in [0, 0.05) is 13.5 Å². The van der Waals surface area contributed by atoms with E-state index in [0.29, 0.717) is 6.04 Å². The molecule has 1 aliphatic rings. The van der Waals surface area contributed by atoms with E-state index in [1.54, 1.807) is 6.92 Å². The number of carbonyl (C=O) groups is 1. The topological polar surface area (TPSA) is 20.3 Å². The molecule has 2 rings (SSSR count). The van der Waals surface area contributed by atoms with Crippen LogP contribution in [0.3, 0.4) is 0 Å². The third-order valence-electron chi connectivity index (χ3n) is 2.84. The number of benzene rings is 1. The summed E-state index contributed by atoms with van der Waals surface area (Å²) in [4.78, 5) is 13.3. The van der Waals surface area contributed by atoms with Gasteiger partial charge in [-0.1, -0.05) is 58.0 Å². The molecule has 0 aromatic heterocycles. The molecule has 102 valence electrons. The van der Waals surface area contributed by atoms with Gasteiger partial charge in [0.1, 0.15) is 0 Å². The second-order valence-corrected chi connectivity index (χ2v) is 3.78. The Hall–Kier alpha value is -1.31. The van der Waals surface area contributed by atoms with Crippen molar-refractivity contribution in [2.24, 2.45) is 0 Å². The summed E-state index contributed by atoms with van der Waals surface area (Å²) < 4.78 is 0. The predicted octanol–water partition coefficient (Wildman–Crippen LogP) is 4.42. The quantitative estimate of drug-likeness (QED) is 0.721. The van der Waals surface area contributed by atoms with Crippen LogP contribution >= 0.6 is 0 Å². The highest BCUT2D eigenvalue weighted by atomic mass is 16.2. The maximum absolute atomic E-state index is 11.4. The third kappa shape index (κ3) is 4.52. The van der Waals surface area contributed by atoms with Crippen LogP contribution in [0.15, 0.2) is 30.3 Å². The number of amides is 1. The Morgan fingerprint density at radius 2 is 1.67 bits per heavy atom. The van der Waals surface area contributed by atoms with Crippen LogP contribution in [0.1, 0.15) is 59.1 Å². The molecule has 0 saturated carbocycles. The van der Waals surface area contributed by atoms with Crippen molar-refractivity contribution in [3.63, 3.8) is 0 Å². The molecule has 0 spiro atoms. The first-order chi connectivity index (χ1) is 8.79. The predicted molar refractivity (Wildman–Crippen MR) is 78.5 cm³/mol. The fourth-order valence-corrected chi connectivity index (χ4v) is 2.17. The number of hydrogen-bond acceptors (Lipinski definition) is 1. The van der Waals surface area contributed by atoms with Crippen LogP contribution in [0.4, 0.5) is 0 Å². The first kappa shape index (κ1) is 16.7. The Balaban J connectivity index is 0.000000659. The van der Waals surface area contributed by atoms with E-state index < -0.39 is 0 Å². The number of rotatable bonds is 1. The van der Waals surface area contributed by atoms with E-state index in [0.717, 1.165) is 19.4 Å². The molecule has 1 aromatic carbocycles. The largest absolute Gasteiger partial charge is 0.336 e. The second kappa shape index (κ2) is 9.69. The molecule has 0 radical (unpaired) electrons. The Morgan fingerprint density at radius 3 is 2.17 bits per heavy atom. The number of nitrogens with zero attached hydrogens (tertiary/aromatic N) is 1.